The molecule has 0 saturated carbocycles. The van der Waals surface area contributed by atoms with Crippen molar-refractivity contribution < 1.29 is 0 Å². The van der Waals surface area contributed by atoms with Crippen LogP contribution in [-0.2, 0) is 12.8 Å². The van der Waals surface area contributed by atoms with Gasteiger partial charge in [-0.05, 0) is 48.3 Å². The Labute approximate surface area is 117 Å². The van der Waals surface area contributed by atoms with Crippen LogP contribution >= 0.6 is 0 Å². The predicted molar refractivity (Wildman–Crippen MR) is 83.2 cm³/mol. The van der Waals surface area contributed by atoms with Crippen LogP contribution in [0.3, 0.4) is 0 Å². The predicted octanol–water partition coefficient (Wildman–Crippen LogP) is 5.21. The van der Waals surface area contributed by atoms with Crippen molar-refractivity contribution in [1.29, 1.82) is 0 Å². The third-order valence-electron chi connectivity index (χ3n) is 3.56. The Kier molecular flexibility index (Phi) is 5.20. The van der Waals surface area contributed by atoms with Gasteiger partial charge in [-0.25, -0.2) is 0 Å². The minimum Gasteiger partial charge on any atom is -0.0622 e. The maximum atomic E-state index is 2.27. The fourth-order valence-corrected chi connectivity index (χ4v) is 2.52. The Morgan fingerprint density at radius 2 is 1.37 bits per heavy atom. The Morgan fingerprint density at radius 1 is 0.737 bits per heavy atom. The molecular weight excluding hydrogens is 228 g/mol. The van der Waals surface area contributed by atoms with Gasteiger partial charge in [-0.1, -0.05) is 68.4 Å². The second-order valence-corrected chi connectivity index (χ2v) is 5.35. The highest BCUT2D eigenvalue weighted by Gasteiger charge is 2.05. The SMILES string of the molecule is C[C](C)c1ccccc1CCCCc1ccccc1. The normalized spacial score (nSPS) is 10.9. The first-order chi connectivity index (χ1) is 9.27. The fraction of sp³-hybridized carbons (Fsp3) is 0.316. The van der Waals surface area contributed by atoms with E-state index in [1.165, 1.54) is 48.3 Å². The maximum absolute atomic E-state index is 2.27. The molecule has 0 heteroatoms. The van der Waals surface area contributed by atoms with Crippen LogP contribution in [0, 0.1) is 5.92 Å². The first-order valence-corrected chi connectivity index (χ1v) is 7.20. The summed E-state index contributed by atoms with van der Waals surface area (Å²) in [7, 11) is 0. The van der Waals surface area contributed by atoms with Crippen molar-refractivity contribution in [2.75, 3.05) is 0 Å². The summed E-state index contributed by atoms with van der Waals surface area (Å²) >= 11 is 0. The van der Waals surface area contributed by atoms with Crippen molar-refractivity contribution >= 4 is 0 Å². The third kappa shape index (κ3) is 4.24. The molecule has 0 aromatic heterocycles. The van der Waals surface area contributed by atoms with Crippen molar-refractivity contribution in [1.82, 2.24) is 0 Å². The van der Waals surface area contributed by atoms with E-state index in [0.717, 1.165) is 0 Å². The fourth-order valence-electron chi connectivity index (χ4n) is 2.52. The van der Waals surface area contributed by atoms with E-state index >= 15 is 0 Å². The summed E-state index contributed by atoms with van der Waals surface area (Å²) in [5, 5.41) is 0. The summed E-state index contributed by atoms with van der Waals surface area (Å²) in [5.41, 5.74) is 4.38. The summed E-state index contributed by atoms with van der Waals surface area (Å²) in [6.45, 7) is 4.39. The zero-order valence-electron chi connectivity index (χ0n) is 12.0. The van der Waals surface area contributed by atoms with E-state index in [0.29, 0.717) is 0 Å². The molecule has 19 heavy (non-hydrogen) atoms. The lowest BCUT2D eigenvalue weighted by molar-refractivity contribution is 0.731. The topological polar surface area (TPSA) is 0 Å². The molecule has 0 aliphatic carbocycles. The molecule has 0 aliphatic rings. The van der Waals surface area contributed by atoms with Crippen LogP contribution in [0.1, 0.15) is 43.4 Å². The van der Waals surface area contributed by atoms with Crippen molar-refractivity contribution in [3.8, 4) is 0 Å². The number of hydrogen-bond acceptors (Lipinski definition) is 0. The Balaban J connectivity index is 1.83. The monoisotopic (exact) mass is 251 g/mol. The minimum atomic E-state index is 1.19. The van der Waals surface area contributed by atoms with E-state index in [1.54, 1.807) is 0 Å². The lowest BCUT2D eigenvalue weighted by Gasteiger charge is -2.11. The molecule has 2 aromatic rings. The summed E-state index contributed by atoms with van der Waals surface area (Å²) in [5.74, 6) is 1.42. The number of hydrogen-bond donors (Lipinski definition) is 0. The highest BCUT2D eigenvalue weighted by Crippen LogP contribution is 2.20. The molecular formula is C19H23. The van der Waals surface area contributed by atoms with Gasteiger partial charge in [0.1, 0.15) is 0 Å². The quantitative estimate of drug-likeness (QED) is 0.618. The molecule has 0 heterocycles. The molecule has 2 rings (SSSR count). The van der Waals surface area contributed by atoms with Gasteiger partial charge in [0.2, 0.25) is 0 Å². The van der Waals surface area contributed by atoms with E-state index in [1.807, 2.05) is 0 Å². The van der Waals surface area contributed by atoms with Crippen molar-refractivity contribution in [2.45, 2.75) is 39.5 Å². The third-order valence-corrected chi connectivity index (χ3v) is 3.56. The average Bonchev–Trinajstić information content (AvgIpc) is 2.45. The second-order valence-electron chi connectivity index (χ2n) is 5.35. The molecule has 0 N–H and O–H groups in total. The molecule has 0 nitrogen and oxygen atoms in total. The Hall–Kier alpha value is -1.56. The highest BCUT2D eigenvalue weighted by molar-refractivity contribution is 5.36. The zero-order valence-corrected chi connectivity index (χ0v) is 12.0. The molecule has 2 aromatic carbocycles. The molecule has 0 atom stereocenters. The first kappa shape index (κ1) is 13.9. The molecule has 0 fully saturated rings. The number of unbranched alkanes of at least 4 members (excludes halogenated alkanes) is 1. The molecule has 0 amide bonds. The summed E-state index contributed by atoms with van der Waals surface area (Å²) in [6.07, 6.45) is 4.91. The first-order valence-electron chi connectivity index (χ1n) is 7.20. The maximum Gasteiger partial charge on any atom is -0.000922 e. The minimum absolute atomic E-state index is 1.19. The molecule has 0 spiro atoms. The Morgan fingerprint density at radius 3 is 2.11 bits per heavy atom. The molecule has 0 aliphatic heterocycles. The van der Waals surface area contributed by atoms with Crippen LogP contribution in [0.15, 0.2) is 54.6 Å². The zero-order chi connectivity index (χ0) is 13.5. The van der Waals surface area contributed by atoms with Gasteiger partial charge >= 0.3 is 0 Å². The standard InChI is InChI=1S/C19H23/c1-16(2)19-15-9-8-14-18(19)13-7-6-12-17-10-4-3-5-11-17/h3-5,8-11,14-15H,6-7,12-13H2,1-2H3. The smallest absolute Gasteiger partial charge is 0.000922 e. The van der Waals surface area contributed by atoms with Crippen LogP contribution in [0.2, 0.25) is 0 Å². The van der Waals surface area contributed by atoms with Crippen LogP contribution in [-0.4, -0.2) is 0 Å². The molecule has 0 unspecified atom stereocenters. The molecule has 1 radical (unpaired) electrons. The number of benzene rings is 2. The lowest BCUT2D eigenvalue weighted by atomic mass is 9.93. The van der Waals surface area contributed by atoms with Gasteiger partial charge in [0, 0.05) is 0 Å². The van der Waals surface area contributed by atoms with Crippen LogP contribution in [0.5, 0.6) is 0 Å². The molecule has 0 saturated heterocycles. The van der Waals surface area contributed by atoms with Gasteiger partial charge in [0.15, 0.2) is 0 Å². The van der Waals surface area contributed by atoms with Crippen molar-refractivity contribution in [3.05, 3.63) is 77.2 Å². The van der Waals surface area contributed by atoms with E-state index in [2.05, 4.69) is 68.4 Å². The van der Waals surface area contributed by atoms with Crippen molar-refractivity contribution in [2.24, 2.45) is 0 Å². The largest absolute Gasteiger partial charge is 0.0622 e. The summed E-state index contributed by atoms with van der Waals surface area (Å²) in [6, 6.07) is 19.6. The van der Waals surface area contributed by atoms with Gasteiger partial charge in [0.05, 0.1) is 0 Å². The van der Waals surface area contributed by atoms with Crippen LogP contribution in [0.25, 0.3) is 0 Å². The van der Waals surface area contributed by atoms with E-state index < -0.39 is 0 Å². The van der Waals surface area contributed by atoms with Crippen LogP contribution < -0.4 is 0 Å². The highest BCUT2D eigenvalue weighted by atomic mass is 14.1. The molecule has 0 bridgehead atoms. The number of rotatable bonds is 6. The summed E-state index contributed by atoms with van der Waals surface area (Å²) < 4.78 is 0. The van der Waals surface area contributed by atoms with Gasteiger partial charge in [-0.15, -0.1) is 0 Å². The summed E-state index contributed by atoms with van der Waals surface area (Å²) in [4.78, 5) is 0. The van der Waals surface area contributed by atoms with Gasteiger partial charge in [-0.3, -0.25) is 0 Å². The van der Waals surface area contributed by atoms with Gasteiger partial charge in [0.25, 0.3) is 0 Å². The van der Waals surface area contributed by atoms with E-state index in [4.69, 9.17) is 0 Å². The average molecular weight is 251 g/mol. The van der Waals surface area contributed by atoms with Gasteiger partial charge < -0.3 is 0 Å². The number of aryl methyl sites for hydroxylation is 2. The van der Waals surface area contributed by atoms with E-state index in [-0.39, 0.29) is 0 Å². The molecule has 99 valence electrons. The van der Waals surface area contributed by atoms with Crippen LogP contribution in [0.4, 0.5) is 0 Å². The second kappa shape index (κ2) is 7.13. The Bertz CT molecular complexity index is 482. The lowest BCUT2D eigenvalue weighted by Crippen LogP contribution is -1.97. The van der Waals surface area contributed by atoms with Gasteiger partial charge in [-0.2, -0.15) is 0 Å². The van der Waals surface area contributed by atoms with Crippen molar-refractivity contribution in [3.63, 3.8) is 0 Å². The van der Waals surface area contributed by atoms with E-state index in [9.17, 15) is 0 Å².